The van der Waals surface area contributed by atoms with Crippen LogP contribution in [0.4, 0.5) is 17.3 Å². The van der Waals surface area contributed by atoms with Crippen molar-refractivity contribution in [1.82, 2.24) is 9.97 Å². The van der Waals surface area contributed by atoms with Crippen LogP contribution in [0.25, 0.3) is 0 Å². The van der Waals surface area contributed by atoms with Gasteiger partial charge in [0.2, 0.25) is 0 Å². The Labute approximate surface area is 128 Å². The average molecular weight is 335 g/mol. The molecule has 0 saturated carbocycles. The van der Waals surface area contributed by atoms with E-state index in [1.165, 1.54) is 5.56 Å². The largest absolute Gasteiger partial charge is 0.373 e. The van der Waals surface area contributed by atoms with Gasteiger partial charge in [0.15, 0.2) is 0 Å². The first-order valence-electron chi connectivity index (χ1n) is 6.70. The van der Waals surface area contributed by atoms with Crippen LogP contribution in [-0.4, -0.2) is 17.0 Å². The monoisotopic (exact) mass is 334 g/mol. The highest BCUT2D eigenvalue weighted by atomic mass is 79.9. The molecule has 0 aliphatic heterocycles. The van der Waals surface area contributed by atoms with Gasteiger partial charge in [-0.3, -0.25) is 0 Å². The van der Waals surface area contributed by atoms with E-state index in [0.717, 1.165) is 40.5 Å². The second-order valence-corrected chi connectivity index (χ2v) is 5.61. The summed E-state index contributed by atoms with van der Waals surface area (Å²) in [5.41, 5.74) is 2.21. The molecule has 0 spiro atoms. The van der Waals surface area contributed by atoms with Gasteiger partial charge in [0, 0.05) is 29.7 Å². The molecule has 0 radical (unpaired) electrons. The molecule has 1 aromatic carbocycles. The van der Waals surface area contributed by atoms with Crippen LogP contribution in [0.5, 0.6) is 0 Å². The normalized spacial score (nSPS) is 10.4. The van der Waals surface area contributed by atoms with Crippen molar-refractivity contribution in [2.45, 2.75) is 26.7 Å². The third-order valence-corrected chi connectivity index (χ3v) is 3.27. The fraction of sp³-hybridized carbons (Fsp3) is 0.333. The van der Waals surface area contributed by atoms with Gasteiger partial charge in [-0.2, -0.15) is 0 Å². The molecular formula is C15H19BrN4. The zero-order chi connectivity index (χ0) is 14.5. The molecule has 2 N–H and O–H groups in total. The third-order valence-electron chi connectivity index (χ3n) is 2.82. The van der Waals surface area contributed by atoms with Gasteiger partial charge in [-0.15, -0.1) is 0 Å². The molecule has 0 saturated heterocycles. The predicted octanol–water partition coefficient (Wildman–Crippen LogP) is 4.29. The topological polar surface area (TPSA) is 49.8 Å². The summed E-state index contributed by atoms with van der Waals surface area (Å²) in [4.78, 5) is 9.00. The molecule has 2 rings (SSSR count). The lowest BCUT2D eigenvalue weighted by atomic mass is 10.2. The minimum absolute atomic E-state index is 0.810. The zero-order valence-corrected chi connectivity index (χ0v) is 13.6. The Morgan fingerprint density at radius 2 is 1.85 bits per heavy atom. The molecule has 0 aliphatic carbocycles. The van der Waals surface area contributed by atoms with Crippen LogP contribution < -0.4 is 10.6 Å². The van der Waals surface area contributed by atoms with Crippen LogP contribution >= 0.6 is 15.9 Å². The van der Waals surface area contributed by atoms with Gasteiger partial charge in [0.1, 0.15) is 17.5 Å². The fourth-order valence-electron chi connectivity index (χ4n) is 1.98. The first kappa shape index (κ1) is 14.8. The highest BCUT2D eigenvalue weighted by Crippen LogP contribution is 2.23. The van der Waals surface area contributed by atoms with Gasteiger partial charge in [-0.05, 0) is 37.1 Å². The molecule has 4 nitrogen and oxygen atoms in total. The van der Waals surface area contributed by atoms with Gasteiger partial charge in [0.25, 0.3) is 0 Å². The molecule has 5 heteroatoms. The quantitative estimate of drug-likeness (QED) is 0.856. The maximum Gasteiger partial charge on any atom is 0.136 e. The van der Waals surface area contributed by atoms with Gasteiger partial charge in [-0.25, -0.2) is 9.97 Å². The second-order valence-electron chi connectivity index (χ2n) is 4.70. The molecule has 0 atom stereocenters. The molecule has 0 amide bonds. The summed E-state index contributed by atoms with van der Waals surface area (Å²) in [6, 6.07) is 8.11. The second kappa shape index (κ2) is 6.70. The summed E-state index contributed by atoms with van der Waals surface area (Å²) < 4.78 is 1.05. The lowest BCUT2D eigenvalue weighted by Crippen LogP contribution is -2.03. The summed E-state index contributed by atoms with van der Waals surface area (Å²) in [5.74, 6) is 2.50. The number of benzene rings is 1. The van der Waals surface area contributed by atoms with Crippen molar-refractivity contribution in [2.75, 3.05) is 17.7 Å². The van der Waals surface area contributed by atoms with E-state index in [4.69, 9.17) is 0 Å². The first-order chi connectivity index (χ1) is 9.60. The van der Waals surface area contributed by atoms with Crippen LogP contribution in [-0.2, 0) is 6.42 Å². The highest BCUT2D eigenvalue weighted by Gasteiger charge is 2.04. The number of rotatable bonds is 5. The van der Waals surface area contributed by atoms with Crippen molar-refractivity contribution in [1.29, 1.82) is 0 Å². The van der Waals surface area contributed by atoms with E-state index in [9.17, 15) is 0 Å². The number of hydrogen-bond acceptors (Lipinski definition) is 4. The molecule has 1 heterocycles. The Morgan fingerprint density at radius 1 is 1.10 bits per heavy atom. The number of halogens is 1. The van der Waals surface area contributed by atoms with E-state index in [1.807, 2.05) is 19.2 Å². The highest BCUT2D eigenvalue weighted by molar-refractivity contribution is 9.10. The molecule has 20 heavy (non-hydrogen) atoms. The number of nitrogens with zero attached hydrogens (tertiary/aromatic N) is 2. The predicted molar refractivity (Wildman–Crippen MR) is 87.7 cm³/mol. The van der Waals surface area contributed by atoms with Crippen LogP contribution in [0, 0.1) is 6.92 Å². The molecule has 0 aliphatic rings. The van der Waals surface area contributed by atoms with Crippen molar-refractivity contribution in [3.8, 4) is 0 Å². The van der Waals surface area contributed by atoms with Crippen LogP contribution in [0.2, 0.25) is 0 Å². The molecule has 0 unspecified atom stereocenters. The number of anilines is 3. The maximum atomic E-state index is 4.55. The van der Waals surface area contributed by atoms with E-state index in [1.54, 1.807) is 0 Å². The number of aryl methyl sites for hydroxylation is 2. The van der Waals surface area contributed by atoms with Gasteiger partial charge < -0.3 is 10.6 Å². The van der Waals surface area contributed by atoms with E-state index >= 15 is 0 Å². The van der Waals surface area contributed by atoms with Crippen LogP contribution in [0.1, 0.15) is 24.7 Å². The minimum atomic E-state index is 0.810. The Hall–Kier alpha value is -1.62. The van der Waals surface area contributed by atoms with Crippen molar-refractivity contribution in [2.24, 2.45) is 0 Å². The Bertz CT molecular complexity index is 578. The molecule has 2 aromatic rings. The van der Waals surface area contributed by atoms with E-state index in [2.05, 4.69) is 62.5 Å². The van der Waals surface area contributed by atoms with Crippen molar-refractivity contribution in [3.63, 3.8) is 0 Å². The first-order valence-corrected chi connectivity index (χ1v) is 7.50. The SMILES string of the molecule is CCCc1nc(NC)cc(Nc2cc(C)cc(Br)c2)n1. The summed E-state index contributed by atoms with van der Waals surface area (Å²) in [7, 11) is 1.87. The average Bonchev–Trinajstić information content (AvgIpc) is 2.37. The Balaban J connectivity index is 2.29. The van der Waals surface area contributed by atoms with Crippen molar-refractivity contribution in [3.05, 3.63) is 40.1 Å². The van der Waals surface area contributed by atoms with Crippen LogP contribution in [0.3, 0.4) is 0 Å². The van der Waals surface area contributed by atoms with Gasteiger partial charge >= 0.3 is 0 Å². The van der Waals surface area contributed by atoms with E-state index in [0.29, 0.717) is 0 Å². The maximum absolute atomic E-state index is 4.55. The lowest BCUT2D eigenvalue weighted by Gasteiger charge is -2.10. The van der Waals surface area contributed by atoms with Gasteiger partial charge in [-0.1, -0.05) is 22.9 Å². The number of aromatic nitrogens is 2. The molecule has 106 valence electrons. The molecule has 0 fully saturated rings. The molecule has 0 bridgehead atoms. The summed E-state index contributed by atoms with van der Waals surface area (Å²) in [6.45, 7) is 4.19. The Kier molecular flexibility index (Phi) is 4.95. The number of nitrogens with one attached hydrogen (secondary N) is 2. The Morgan fingerprint density at radius 3 is 2.50 bits per heavy atom. The summed E-state index contributed by atoms with van der Waals surface area (Å²) in [6.07, 6.45) is 1.91. The fourth-order valence-corrected chi connectivity index (χ4v) is 2.59. The van der Waals surface area contributed by atoms with E-state index in [-0.39, 0.29) is 0 Å². The molecule has 1 aromatic heterocycles. The number of hydrogen-bond donors (Lipinski definition) is 2. The smallest absolute Gasteiger partial charge is 0.136 e. The van der Waals surface area contributed by atoms with Gasteiger partial charge in [0.05, 0.1) is 0 Å². The third kappa shape index (κ3) is 3.93. The molecular weight excluding hydrogens is 316 g/mol. The van der Waals surface area contributed by atoms with Crippen molar-refractivity contribution >= 4 is 33.3 Å². The minimum Gasteiger partial charge on any atom is -0.373 e. The summed E-state index contributed by atoms with van der Waals surface area (Å²) in [5, 5.41) is 6.41. The summed E-state index contributed by atoms with van der Waals surface area (Å²) >= 11 is 3.51. The lowest BCUT2D eigenvalue weighted by molar-refractivity contribution is 0.838. The van der Waals surface area contributed by atoms with E-state index < -0.39 is 0 Å². The van der Waals surface area contributed by atoms with Crippen LogP contribution in [0.15, 0.2) is 28.7 Å². The van der Waals surface area contributed by atoms with Crippen molar-refractivity contribution < 1.29 is 0 Å². The standard InChI is InChI=1S/C15H19BrN4/c1-4-5-13-19-14(17-3)9-15(20-13)18-12-7-10(2)6-11(16)8-12/h6-9H,4-5H2,1-3H3,(H2,17,18,19,20). The zero-order valence-electron chi connectivity index (χ0n) is 12.0.